The van der Waals surface area contributed by atoms with Crippen LogP contribution in [0.15, 0.2) is 18.2 Å². The van der Waals surface area contributed by atoms with Crippen molar-refractivity contribution in [3.05, 3.63) is 23.8 Å². The molecule has 0 aliphatic rings. The van der Waals surface area contributed by atoms with Crippen LogP contribution in [0, 0.1) is 6.92 Å². The highest BCUT2D eigenvalue weighted by atomic mass is 16.5. The van der Waals surface area contributed by atoms with Crippen molar-refractivity contribution in [3.8, 4) is 0 Å². The fourth-order valence-corrected chi connectivity index (χ4v) is 1.18. The summed E-state index contributed by atoms with van der Waals surface area (Å²) in [5, 5.41) is 2.79. The van der Waals surface area contributed by atoms with E-state index in [1.165, 1.54) is 0 Å². The Kier molecular flexibility index (Phi) is 4.12. The smallest absolute Gasteiger partial charge is 0.226 e. The Morgan fingerprint density at radius 3 is 2.93 bits per heavy atom. The summed E-state index contributed by atoms with van der Waals surface area (Å²) >= 11 is 0. The van der Waals surface area contributed by atoms with Crippen molar-refractivity contribution < 1.29 is 9.53 Å². The number of rotatable bonds is 4. The second-order valence-electron chi connectivity index (χ2n) is 3.37. The molecule has 0 heterocycles. The quantitative estimate of drug-likeness (QED) is 0.738. The van der Waals surface area contributed by atoms with Gasteiger partial charge in [0.1, 0.15) is 0 Å². The largest absolute Gasteiger partial charge is 0.399 e. The maximum absolute atomic E-state index is 11.4. The standard InChI is InChI=1S/C11H16N2O2/c1-8-3-4-9(12)7-10(8)13-11(14)5-6-15-2/h3-4,7H,5-6,12H2,1-2H3,(H,13,14). The van der Waals surface area contributed by atoms with E-state index < -0.39 is 0 Å². The summed E-state index contributed by atoms with van der Waals surface area (Å²) in [7, 11) is 1.57. The maximum Gasteiger partial charge on any atom is 0.226 e. The van der Waals surface area contributed by atoms with Crippen molar-refractivity contribution >= 4 is 17.3 Å². The first kappa shape index (κ1) is 11.5. The second-order valence-corrected chi connectivity index (χ2v) is 3.37. The first-order chi connectivity index (χ1) is 7.13. The number of nitrogens with two attached hydrogens (primary N) is 1. The number of methoxy groups -OCH3 is 1. The van der Waals surface area contributed by atoms with Crippen molar-refractivity contribution in [2.45, 2.75) is 13.3 Å². The maximum atomic E-state index is 11.4. The van der Waals surface area contributed by atoms with Gasteiger partial charge in [-0.3, -0.25) is 4.79 Å². The van der Waals surface area contributed by atoms with Crippen molar-refractivity contribution in [2.24, 2.45) is 0 Å². The monoisotopic (exact) mass is 208 g/mol. The Labute approximate surface area is 89.4 Å². The van der Waals surface area contributed by atoms with Crippen molar-refractivity contribution in [1.29, 1.82) is 0 Å². The average molecular weight is 208 g/mol. The first-order valence-corrected chi connectivity index (χ1v) is 4.78. The zero-order valence-electron chi connectivity index (χ0n) is 9.04. The lowest BCUT2D eigenvalue weighted by molar-refractivity contribution is -0.117. The highest BCUT2D eigenvalue weighted by molar-refractivity contribution is 5.92. The van der Waals surface area contributed by atoms with Gasteiger partial charge < -0.3 is 15.8 Å². The number of aryl methyl sites for hydroxylation is 1. The molecule has 1 aromatic rings. The Hall–Kier alpha value is -1.55. The number of hydrogen-bond acceptors (Lipinski definition) is 3. The Balaban J connectivity index is 2.63. The molecule has 4 heteroatoms. The normalized spacial score (nSPS) is 10.0. The summed E-state index contributed by atoms with van der Waals surface area (Å²) < 4.78 is 4.82. The molecular formula is C11H16N2O2. The van der Waals surface area contributed by atoms with Crippen LogP contribution in [-0.4, -0.2) is 19.6 Å². The molecule has 1 amide bonds. The fourth-order valence-electron chi connectivity index (χ4n) is 1.18. The van der Waals surface area contributed by atoms with Crippen LogP contribution in [0.4, 0.5) is 11.4 Å². The van der Waals surface area contributed by atoms with Gasteiger partial charge in [-0.15, -0.1) is 0 Å². The number of amides is 1. The SMILES string of the molecule is COCCC(=O)Nc1cc(N)ccc1C. The minimum atomic E-state index is -0.0643. The topological polar surface area (TPSA) is 64.3 Å². The zero-order valence-corrected chi connectivity index (χ0v) is 9.04. The van der Waals surface area contributed by atoms with E-state index >= 15 is 0 Å². The van der Waals surface area contributed by atoms with E-state index in [9.17, 15) is 4.79 Å². The molecule has 0 spiro atoms. The molecule has 1 aromatic carbocycles. The van der Waals surface area contributed by atoms with Crippen LogP contribution >= 0.6 is 0 Å². The van der Waals surface area contributed by atoms with Crippen LogP contribution in [-0.2, 0) is 9.53 Å². The van der Waals surface area contributed by atoms with Crippen LogP contribution in [0.25, 0.3) is 0 Å². The van der Waals surface area contributed by atoms with Gasteiger partial charge in [0, 0.05) is 18.5 Å². The van der Waals surface area contributed by atoms with Crippen molar-refractivity contribution in [2.75, 3.05) is 24.8 Å². The summed E-state index contributed by atoms with van der Waals surface area (Å²) in [5.74, 6) is -0.0643. The van der Waals surface area contributed by atoms with E-state index in [0.29, 0.717) is 18.7 Å². The van der Waals surface area contributed by atoms with Crippen molar-refractivity contribution in [3.63, 3.8) is 0 Å². The lowest BCUT2D eigenvalue weighted by Crippen LogP contribution is -2.14. The van der Waals surface area contributed by atoms with Gasteiger partial charge in [-0.1, -0.05) is 6.07 Å². The molecule has 0 unspecified atom stereocenters. The van der Waals surface area contributed by atoms with E-state index in [0.717, 1.165) is 11.3 Å². The van der Waals surface area contributed by atoms with Crippen LogP contribution in [0.5, 0.6) is 0 Å². The lowest BCUT2D eigenvalue weighted by Gasteiger charge is -2.08. The number of anilines is 2. The van der Waals surface area contributed by atoms with E-state index in [1.807, 2.05) is 13.0 Å². The van der Waals surface area contributed by atoms with Crippen molar-refractivity contribution in [1.82, 2.24) is 0 Å². The number of nitrogen functional groups attached to an aromatic ring is 1. The molecule has 0 aliphatic carbocycles. The molecule has 0 aromatic heterocycles. The molecule has 0 saturated heterocycles. The molecule has 82 valence electrons. The Morgan fingerprint density at radius 1 is 1.53 bits per heavy atom. The van der Waals surface area contributed by atoms with E-state index in [-0.39, 0.29) is 5.91 Å². The number of nitrogens with one attached hydrogen (secondary N) is 1. The molecule has 1 rings (SSSR count). The van der Waals surface area contributed by atoms with Gasteiger partial charge in [0.2, 0.25) is 5.91 Å². The van der Waals surface area contributed by atoms with E-state index in [1.54, 1.807) is 19.2 Å². The fraction of sp³-hybridized carbons (Fsp3) is 0.364. The summed E-state index contributed by atoms with van der Waals surface area (Å²) in [6, 6.07) is 5.43. The van der Waals surface area contributed by atoms with Gasteiger partial charge >= 0.3 is 0 Å². The predicted octanol–water partition coefficient (Wildman–Crippen LogP) is 1.55. The van der Waals surface area contributed by atoms with Gasteiger partial charge in [0.15, 0.2) is 0 Å². The molecule has 3 N–H and O–H groups in total. The van der Waals surface area contributed by atoms with Crippen LogP contribution in [0.2, 0.25) is 0 Å². The first-order valence-electron chi connectivity index (χ1n) is 4.78. The third kappa shape index (κ3) is 3.59. The minimum absolute atomic E-state index is 0.0643. The number of hydrogen-bond donors (Lipinski definition) is 2. The molecule has 0 fully saturated rings. The van der Waals surface area contributed by atoms with Crippen LogP contribution in [0.3, 0.4) is 0 Å². The van der Waals surface area contributed by atoms with Gasteiger partial charge in [0.05, 0.1) is 13.0 Å². The highest BCUT2D eigenvalue weighted by Crippen LogP contribution is 2.18. The molecule has 0 bridgehead atoms. The van der Waals surface area contributed by atoms with E-state index in [4.69, 9.17) is 10.5 Å². The highest BCUT2D eigenvalue weighted by Gasteiger charge is 2.04. The van der Waals surface area contributed by atoms with Crippen LogP contribution in [0.1, 0.15) is 12.0 Å². The second kappa shape index (κ2) is 5.36. The van der Waals surface area contributed by atoms with Crippen LogP contribution < -0.4 is 11.1 Å². The molecule has 0 aliphatic heterocycles. The average Bonchev–Trinajstić information content (AvgIpc) is 2.20. The number of carbonyl (C=O) groups is 1. The summed E-state index contributed by atoms with van der Waals surface area (Å²) in [6.45, 7) is 2.35. The predicted molar refractivity (Wildman–Crippen MR) is 60.7 cm³/mol. The minimum Gasteiger partial charge on any atom is -0.399 e. The van der Waals surface area contributed by atoms with Gasteiger partial charge in [-0.25, -0.2) is 0 Å². The molecule has 0 radical (unpaired) electrons. The molecule has 15 heavy (non-hydrogen) atoms. The molecule has 4 nitrogen and oxygen atoms in total. The third-order valence-electron chi connectivity index (χ3n) is 2.07. The summed E-state index contributed by atoms with van der Waals surface area (Å²) in [4.78, 5) is 11.4. The number of benzene rings is 1. The molecule has 0 atom stereocenters. The lowest BCUT2D eigenvalue weighted by atomic mass is 10.2. The number of ether oxygens (including phenoxy) is 1. The van der Waals surface area contributed by atoms with Gasteiger partial charge in [-0.05, 0) is 24.6 Å². The van der Waals surface area contributed by atoms with E-state index in [2.05, 4.69) is 5.32 Å². The molecular weight excluding hydrogens is 192 g/mol. The summed E-state index contributed by atoms with van der Waals surface area (Å²) in [6.07, 6.45) is 0.352. The van der Waals surface area contributed by atoms with Gasteiger partial charge in [-0.2, -0.15) is 0 Å². The molecule has 0 saturated carbocycles. The third-order valence-corrected chi connectivity index (χ3v) is 2.07. The Bertz CT molecular complexity index is 350. The zero-order chi connectivity index (χ0) is 11.3. The summed E-state index contributed by atoms with van der Waals surface area (Å²) in [5.41, 5.74) is 8.02. The van der Waals surface area contributed by atoms with Gasteiger partial charge in [0.25, 0.3) is 0 Å². The number of carbonyl (C=O) groups excluding carboxylic acids is 1. The Morgan fingerprint density at radius 2 is 2.27 bits per heavy atom.